The normalized spacial score (nSPS) is 18.5. The lowest BCUT2D eigenvalue weighted by Crippen LogP contribution is -2.36. The Morgan fingerprint density at radius 2 is 2.09 bits per heavy atom. The minimum atomic E-state index is -0.568. The van der Waals surface area contributed by atoms with Crippen LogP contribution in [0.15, 0.2) is 12.1 Å². The van der Waals surface area contributed by atoms with Crippen LogP contribution >= 0.6 is 0 Å². The maximum atomic E-state index is 13.7. The Morgan fingerprint density at radius 3 is 2.68 bits per heavy atom. The molecule has 5 nitrogen and oxygen atoms in total. The summed E-state index contributed by atoms with van der Waals surface area (Å²) in [6.45, 7) is 6.20. The summed E-state index contributed by atoms with van der Waals surface area (Å²) in [5.41, 5.74) is 6.98. The fraction of sp³-hybridized carbons (Fsp3) is 0.562. The van der Waals surface area contributed by atoms with Gasteiger partial charge in [0.05, 0.1) is 13.7 Å². The molecular formula is C16H23FN2O3. The van der Waals surface area contributed by atoms with Gasteiger partial charge in [-0.3, -0.25) is 0 Å². The predicted octanol–water partition coefficient (Wildman–Crippen LogP) is 2.97. The van der Waals surface area contributed by atoms with Crippen molar-refractivity contribution in [2.75, 3.05) is 13.7 Å². The molecule has 2 N–H and O–H groups in total. The van der Waals surface area contributed by atoms with Gasteiger partial charge < -0.3 is 20.1 Å². The van der Waals surface area contributed by atoms with E-state index >= 15 is 0 Å². The van der Waals surface area contributed by atoms with Crippen molar-refractivity contribution >= 4 is 6.09 Å². The average Bonchev–Trinajstić information content (AvgIpc) is 2.56. The molecule has 0 aromatic heterocycles. The molecule has 1 unspecified atom stereocenters. The standard InChI is InChI=1S/C16H23FN2O3/c1-16(2,3)22-15(20)19-6-5-13(18)11-7-10(17)8-14(21-4)12(11)9-19/h7-8,13H,5-6,9,18H2,1-4H3. The molecule has 1 amide bonds. The molecule has 1 aliphatic rings. The van der Waals surface area contributed by atoms with E-state index in [0.29, 0.717) is 30.8 Å². The molecular weight excluding hydrogens is 287 g/mol. The van der Waals surface area contributed by atoms with Crippen LogP contribution in [-0.2, 0) is 11.3 Å². The number of benzene rings is 1. The third-order valence-corrected chi connectivity index (χ3v) is 3.54. The molecule has 0 fully saturated rings. The summed E-state index contributed by atoms with van der Waals surface area (Å²) in [4.78, 5) is 13.9. The zero-order valence-electron chi connectivity index (χ0n) is 13.5. The molecule has 1 atom stereocenters. The molecule has 0 saturated heterocycles. The van der Waals surface area contributed by atoms with Crippen LogP contribution in [0.3, 0.4) is 0 Å². The number of hydrogen-bond donors (Lipinski definition) is 1. The predicted molar refractivity (Wildman–Crippen MR) is 81.1 cm³/mol. The van der Waals surface area contributed by atoms with Crippen molar-refractivity contribution in [1.29, 1.82) is 0 Å². The van der Waals surface area contributed by atoms with Gasteiger partial charge in [-0.25, -0.2) is 9.18 Å². The Kier molecular flexibility index (Phi) is 4.60. The molecule has 0 bridgehead atoms. The van der Waals surface area contributed by atoms with Crippen molar-refractivity contribution in [2.45, 2.75) is 45.4 Å². The highest BCUT2D eigenvalue weighted by Crippen LogP contribution is 2.33. The monoisotopic (exact) mass is 310 g/mol. The average molecular weight is 310 g/mol. The summed E-state index contributed by atoms with van der Waals surface area (Å²) >= 11 is 0. The van der Waals surface area contributed by atoms with Crippen LogP contribution in [0, 0.1) is 5.82 Å². The van der Waals surface area contributed by atoms with Crippen LogP contribution in [0.4, 0.5) is 9.18 Å². The Hall–Kier alpha value is -1.82. The quantitative estimate of drug-likeness (QED) is 0.866. The number of hydrogen-bond acceptors (Lipinski definition) is 4. The van der Waals surface area contributed by atoms with Crippen LogP contribution in [-0.4, -0.2) is 30.2 Å². The number of halogens is 1. The van der Waals surface area contributed by atoms with Gasteiger partial charge in [-0.05, 0) is 38.8 Å². The third-order valence-electron chi connectivity index (χ3n) is 3.54. The number of carbonyl (C=O) groups is 1. The van der Waals surface area contributed by atoms with Crippen LogP contribution in [0.5, 0.6) is 5.75 Å². The number of ether oxygens (including phenoxy) is 2. The summed E-state index contributed by atoms with van der Waals surface area (Å²) in [6, 6.07) is 2.39. The first-order valence-corrected chi connectivity index (χ1v) is 7.31. The molecule has 1 heterocycles. The van der Waals surface area contributed by atoms with Gasteiger partial charge in [0.1, 0.15) is 17.2 Å². The summed E-state index contributed by atoms with van der Waals surface area (Å²) in [7, 11) is 1.48. The molecule has 6 heteroatoms. The lowest BCUT2D eigenvalue weighted by molar-refractivity contribution is 0.0234. The second-order valence-electron chi connectivity index (χ2n) is 6.47. The van der Waals surface area contributed by atoms with Gasteiger partial charge in [0.25, 0.3) is 0 Å². The number of methoxy groups -OCH3 is 1. The van der Waals surface area contributed by atoms with Crippen molar-refractivity contribution in [2.24, 2.45) is 5.73 Å². The fourth-order valence-corrected chi connectivity index (χ4v) is 2.52. The van der Waals surface area contributed by atoms with Crippen LogP contribution in [0.2, 0.25) is 0 Å². The van der Waals surface area contributed by atoms with Crippen molar-refractivity contribution < 1.29 is 18.7 Å². The first kappa shape index (κ1) is 16.5. The topological polar surface area (TPSA) is 64.8 Å². The van der Waals surface area contributed by atoms with Gasteiger partial charge in [0.2, 0.25) is 0 Å². The Labute approximate surface area is 130 Å². The molecule has 1 aromatic carbocycles. The number of rotatable bonds is 1. The van der Waals surface area contributed by atoms with E-state index < -0.39 is 17.5 Å². The van der Waals surface area contributed by atoms with Gasteiger partial charge >= 0.3 is 6.09 Å². The summed E-state index contributed by atoms with van der Waals surface area (Å²) in [6.07, 6.45) is 0.137. The van der Waals surface area contributed by atoms with E-state index in [1.165, 1.54) is 19.2 Å². The van der Waals surface area contributed by atoms with Crippen molar-refractivity contribution in [3.05, 3.63) is 29.1 Å². The van der Waals surface area contributed by atoms with Crippen LogP contribution in [0.1, 0.15) is 44.4 Å². The second kappa shape index (κ2) is 6.12. The first-order chi connectivity index (χ1) is 10.2. The van der Waals surface area contributed by atoms with E-state index in [2.05, 4.69) is 0 Å². The van der Waals surface area contributed by atoms with Gasteiger partial charge in [0.15, 0.2) is 0 Å². The molecule has 0 radical (unpaired) electrons. The second-order valence-corrected chi connectivity index (χ2v) is 6.47. The zero-order valence-corrected chi connectivity index (χ0v) is 13.5. The van der Waals surface area contributed by atoms with E-state index in [4.69, 9.17) is 15.2 Å². The number of nitrogens with two attached hydrogens (primary N) is 1. The van der Waals surface area contributed by atoms with E-state index in [0.717, 1.165) is 5.56 Å². The highest BCUT2D eigenvalue weighted by Gasteiger charge is 2.29. The molecule has 0 aliphatic carbocycles. The van der Waals surface area contributed by atoms with Crippen LogP contribution < -0.4 is 10.5 Å². The summed E-state index contributed by atoms with van der Waals surface area (Å²) in [5.74, 6) is 0.0117. The Bertz CT molecular complexity index is 569. The van der Waals surface area contributed by atoms with Gasteiger partial charge in [-0.2, -0.15) is 0 Å². The van der Waals surface area contributed by atoms with Gasteiger partial charge in [-0.1, -0.05) is 0 Å². The molecule has 122 valence electrons. The summed E-state index contributed by atoms with van der Waals surface area (Å²) in [5, 5.41) is 0. The highest BCUT2D eigenvalue weighted by atomic mass is 19.1. The Balaban J connectivity index is 2.33. The highest BCUT2D eigenvalue weighted by molar-refractivity contribution is 5.68. The van der Waals surface area contributed by atoms with Gasteiger partial charge in [-0.15, -0.1) is 0 Å². The van der Waals surface area contributed by atoms with Crippen molar-refractivity contribution in [1.82, 2.24) is 4.90 Å². The largest absolute Gasteiger partial charge is 0.496 e. The maximum absolute atomic E-state index is 13.7. The van der Waals surface area contributed by atoms with Crippen molar-refractivity contribution in [3.63, 3.8) is 0 Å². The number of amides is 1. The number of nitrogens with zero attached hydrogens (tertiary/aromatic N) is 1. The van der Waals surface area contributed by atoms with E-state index in [1.54, 1.807) is 4.90 Å². The van der Waals surface area contributed by atoms with Crippen LogP contribution in [0.25, 0.3) is 0 Å². The molecule has 1 aliphatic heterocycles. The third kappa shape index (κ3) is 3.68. The maximum Gasteiger partial charge on any atom is 0.410 e. The molecule has 0 spiro atoms. The first-order valence-electron chi connectivity index (χ1n) is 7.31. The minimum absolute atomic E-state index is 0.293. The van der Waals surface area contributed by atoms with E-state index in [1.807, 2.05) is 20.8 Å². The summed E-state index contributed by atoms with van der Waals surface area (Å²) < 4.78 is 24.3. The molecule has 0 saturated carbocycles. The van der Waals surface area contributed by atoms with Crippen molar-refractivity contribution in [3.8, 4) is 5.75 Å². The Morgan fingerprint density at radius 1 is 1.41 bits per heavy atom. The SMILES string of the molecule is COc1cc(F)cc2c1CN(C(=O)OC(C)(C)C)CCC2N. The lowest BCUT2D eigenvalue weighted by atomic mass is 9.99. The smallest absolute Gasteiger partial charge is 0.410 e. The van der Waals surface area contributed by atoms with E-state index in [9.17, 15) is 9.18 Å². The molecule has 22 heavy (non-hydrogen) atoms. The molecule has 2 rings (SSSR count). The zero-order chi connectivity index (χ0) is 16.5. The van der Waals surface area contributed by atoms with E-state index in [-0.39, 0.29) is 6.04 Å². The molecule has 1 aromatic rings. The fourth-order valence-electron chi connectivity index (χ4n) is 2.52. The number of fused-ring (bicyclic) bond motifs is 1. The lowest BCUT2D eigenvalue weighted by Gasteiger charge is -2.27. The minimum Gasteiger partial charge on any atom is -0.496 e. The number of carbonyl (C=O) groups excluding carboxylic acids is 1. The van der Waals surface area contributed by atoms with Gasteiger partial charge in [0, 0.05) is 24.2 Å².